The first kappa shape index (κ1) is 13.6. The van der Waals surface area contributed by atoms with Crippen molar-refractivity contribution in [2.75, 3.05) is 0 Å². The number of hydrogen-bond donors (Lipinski definition) is 1. The van der Waals surface area contributed by atoms with Crippen LogP contribution in [0.3, 0.4) is 0 Å². The number of nitro groups is 1. The molecule has 0 unspecified atom stereocenters. The molecule has 9 nitrogen and oxygen atoms in total. The Morgan fingerprint density at radius 2 is 2.20 bits per heavy atom. The number of nitrogens with zero attached hydrogens (tertiary/aromatic N) is 4. The van der Waals surface area contributed by atoms with Crippen molar-refractivity contribution in [1.29, 1.82) is 0 Å². The summed E-state index contributed by atoms with van der Waals surface area (Å²) in [5.74, 6) is -1.48. The van der Waals surface area contributed by atoms with Crippen LogP contribution in [-0.4, -0.2) is 30.8 Å². The van der Waals surface area contributed by atoms with Crippen LogP contribution in [0.25, 0.3) is 11.0 Å². The van der Waals surface area contributed by atoms with Gasteiger partial charge in [0.25, 0.3) is 5.69 Å². The number of carboxylic acid groups (broad SMARTS) is 1. The minimum Gasteiger partial charge on any atom is -0.476 e. The maximum atomic E-state index is 12.0. The third-order valence-corrected chi connectivity index (χ3v) is 2.79. The lowest BCUT2D eigenvalue weighted by atomic mass is 10.2. The molecule has 20 heavy (non-hydrogen) atoms. The van der Waals surface area contributed by atoms with Crippen LogP contribution in [0.15, 0.2) is 10.9 Å². The van der Waals surface area contributed by atoms with Gasteiger partial charge in [0, 0.05) is 12.6 Å². The lowest BCUT2D eigenvalue weighted by Crippen LogP contribution is -2.23. The van der Waals surface area contributed by atoms with Crippen LogP contribution in [0.4, 0.5) is 5.69 Å². The van der Waals surface area contributed by atoms with Crippen LogP contribution in [0.1, 0.15) is 23.1 Å². The molecular formula is C11H10N4O5. The van der Waals surface area contributed by atoms with Gasteiger partial charge in [-0.25, -0.2) is 14.5 Å². The molecule has 0 atom stereocenters. The quantitative estimate of drug-likeness (QED) is 0.647. The Morgan fingerprint density at radius 3 is 2.70 bits per heavy atom. The van der Waals surface area contributed by atoms with E-state index in [1.807, 2.05) is 0 Å². The molecule has 2 aromatic heterocycles. The van der Waals surface area contributed by atoms with Gasteiger partial charge in [0.15, 0.2) is 5.65 Å². The normalized spacial score (nSPS) is 10.7. The van der Waals surface area contributed by atoms with Gasteiger partial charge in [-0.05, 0) is 13.8 Å². The van der Waals surface area contributed by atoms with Crippen molar-refractivity contribution in [3.05, 3.63) is 37.8 Å². The molecule has 2 heterocycles. The molecule has 2 rings (SSSR count). The highest BCUT2D eigenvalue weighted by molar-refractivity contribution is 5.90. The Hall–Kier alpha value is -2.84. The lowest BCUT2D eigenvalue weighted by Gasteiger charge is -2.08. The number of carbonyl (C=O) groups is 1. The van der Waals surface area contributed by atoms with E-state index in [0.29, 0.717) is 0 Å². The Balaban J connectivity index is 2.99. The molecule has 0 aliphatic heterocycles. The summed E-state index contributed by atoms with van der Waals surface area (Å²) in [6, 6.07) is 1.04. The maximum Gasteiger partial charge on any atom is 0.360 e. The van der Waals surface area contributed by atoms with E-state index in [1.165, 1.54) is 11.6 Å². The first-order valence-corrected chi connectivity index (χ1v) is 5.67. The van der Waals surface area contributed by atoms with E-state index in [1.54, 1.807) is 6.92 Å². The average molecular weight is 278 g/mol. The fourth-order valence-corrected chi connectivity index (χ4v) is 1.83. The number of aromatic nitrogens is 3. The van der Waals surface area contributed by atoms with Crippen molar-refractivity contribution in [1.82, 2.24) is 14.8 Å². The number of carboxylic acids is 1. The van der Waals surface area contributed by atoms with Crippen molar-refractivity contribution in [2.45, 2.75) is 20.4 Å². The molecule has 104 valence electrons. The first-order valence-electron chi connectivity index (χ1n) is 5.67. The van der Waals surface area contributed by atoms with Crippen LogP contribution >= 0.6 is 0 Å². The fraction of sp³-hybridized carbons (Fsp3) is 0.273. The predicted molar refractivity (Wildman–Crippen MR) is 67.8 cm³/mol. The van der Waals surface area contributed by atoms with Crippen molar-refractivity contribution >= 4 is 22.7 Å². The highest BCUT2D eigenvalue weighted by Gasteiger charge is 2.21. The number of fused-ring (bicyclic) bond motifs is 1. The SMILES string of the molecule is CCn1nc(C(=O)O)c(=O)c2cc([N+](=O)[O-])c(C)nc21. The van der Waals surface area contributed by atoms with Gasteiger partial charge in [0.2, 0.25) is 11.1 Å². The first-order chi connectivity index (χ1) is 9.36. The Bertz CT molecular complexity index is 795. The largest absolute Gasteiger partial charge is 0.476 e. The van der Waals surface area contributed by atoms with E-state index in [2.05, 4.69) is 10.1 Å². The topological polar surface area (TPSA) is 128 Å². The van der Waals surface area contributed by atoms with E-state index in [-0.39, 0.29) is 29.0 Å². The molecule has 1 N–H and O–H groups in total. The van der Waals surface area contributed by atoms with Gasteiger partial charge < -0.3 is 5.11 Å². The molecule has 0 spiro atoms. The van der Waals surface area contributed by atoms with Gasteiger partial charge in [0.1, 0.15) is 5.69 Å². The standard InChI is InChI=1S/C11H10N4O5/c1-3-14-10-6(9(16)8(13-14)11(17)18)4-7(15(19)20)5(2)12-10/h4H,3H2,1-2H3,(H,17,18). The van der Waals surface area contributed by atoms with E-state index in [0.717, 1.165) is 6.07 Å². The third kappa shape index (κ3) is 1.98. The van der Waals surface area contributed by atoms with Crippen LogP contribution < -0.4 is 5.43 Å². The average Bonchev–Trinajstić information content (AvgIpc) is 2.37. The molecule has 0 aliphatic carbocycles. The molecule has 9 heteroatoms. The molecule has 0 saturated carbocycles. The Kier molecular flexibility index (Phi) is 3.18. The van der Waals surface area contributed by atoms with Gasteiger partial charge in [0.05, 0.1) is 10.3 Å². The Labute approximate surface area is 111 Å². The highest BCUT2D eigenvalue weighted by Crippen LogP contribution is 2.20. The van der Waals surface area contributed by atoms with Crippen LogP contribution in [0.5, 0.6) is 0 Å². The van der Waals surface area contributed by atoms with Gasteiger partial charge in [-0.15, -0.1) is 0 Å². The zero-order chi connectivity index (χ0) is 15.0. The monoisotopic (exact) mass is 278 g/mol. The predicted octanol–water partition coefficient (Wildman–Crippen LogP) is 0.726. The third-order valence-electron chi connectivity index (χ3n) is 2.79. The molecule has 0 amide bonds. The van der Waals surface area contributed by atoms with Crippen LogP contribution in [0, 0.1) is 17.0 Å². The van der Waals surface area contributed by atoms with Crippen molar-refractivity contribution in [2.24, 2.45) is 0 Å². The second kappa shape index (κ2) is 4.68. The lowest BCUT2D eigenvalue weighted by molar-refractivity contribution is -0.385. The zero-order valence-corrected chi connectivity index (χ0v) is 10.7. The molecule has 0 aliphatic rings. The number of aryl methyl sites for hydroxylation is 2. The van der Waals surface area contributed by atoms with Gasteiger partial charge in [-0.2, -0.15) is 5.10 Å². The van der Waals surface area contributed by atoms with E-state index in [4.69, 9.17) is 5.11 Å². The summed E-state index contributed by atoms with van der Waals surface area (Å²) < 4.78 is 1.23. The molecule has 0 fully saturated rings. The smallest absolute Gasteiger partial charge is 0.360 e. The number of hydrogen-bond acceptors (Lipinski definition) is 6. The van der Waals surface area contributed by atoms with Crippen LogP contribution in [0.2, 0.25) is 0 Å². The summed E-state index contributed by atoms with van der Waals surface area (Å²) in [7, 11) is 0. The second-order valence-corrected chi connectivity index (χ2v) is 4.02. The molecule has 0 saturated heterocycles. The zero-order valence-electron chi connectivity index (χ0n) is 10.7. The molecule has 0 radical (unpaired) electrons. The molecule has 2 aromatic rings. The summed E-state index contributed by atoms with van der Waals surface area (Å²) in [4.78, 5) is 37.2. The van der Waals surface area contributed by atoms with E-state index in [9.17, 15) is 19.7 Å². The number of aromatic carboxylic acids is 1. The minimum absolute atomic E-state index is 0.128. The summed E-state index contributed by atoms with van der Waals surface area (Å²) in [6.45, 7) is 3.41. The number of rotatable bonds is 3. The van der Waals surface area contributed by atoms with E-state index < -0.39 is 22.0 Å². The van der Waals surface area contributed by atoms with Crippen LogP contribution in [-0.2, 0) is 6.54 Å². The fourth-order valence-electron chi connectivity index (χ4n) is 1.83. The summed E-state index contributed by atoms with van der Waals surface area (Å²) in [5, 5.41) is 23.4. The minimum atomic E-state index is -1.48. The van der Waals surface area contributed by atoms with Crippen molar-refractivity contribution in [3.63, 3.8) is 0 Å². The van der Waals surface area contributed by atoms with Gasteiger partial charge in [-0.3, -0.25) is 14.9 Å². The Morgan fingerprint density at radius 1 is 1.55 bits per heavy atom. The van der Waals surface area contributed by atoms with Crippen molar-refractivity contribution < 1.29 is 14.8 Å². The molecular weight excluding hydrogens is 268 g/mol. The number of pyridine rings is 1. The summed E-state index contributed by atoms with van der Waals surface area (Å²) in [5.41, 5.74) is -1.63. The molecule has 0 bridgehead atoms. The van der Waals surface area contributed by atoms with Gasteiger partial charge >= 0.3 is 5.97 Å². The highest BCUT2D eigenvalue weighted by atomic mass is 16.6. The molecule has 0 aromatic carbocycles. The second-order valence-electron chi connectivity index (χ2n) is 4.02. The van der Waals surface area contributed by atoms with E-state index >= 15 is 0 Å². The maximum absolute atomic E-state index is 12.0. The summed E-state index contributed by atoms with van der Waals surface area (Å²) >= 11 is 0. The summed E-state index contributed by atoms with van der Waals surface area (Å²) in [6.07, 6.45) is 0. The van der Waals surface area contributed by atoms with Crippen molar-refractivity contribution in [3.8, 4) is 0 Å². The van der Waals surface area contributed by atoms with Gasteiger partial charge in [-0.1, -0.05) is 0 Å².